The highest BCUT2D eigenvalue weighted by Crippen LogP contribution is 2.43. The first-order chi connectivity index (χ1) is 25.9. The summed E-state index contributed by atoms with van der Waals surface area (Å²) in [6.45, 7) is 15.2. The Labute approximate surface area is 318 Å². The molecule has 0 fully saturated rings. The van der Waals surface area contributed by atoms with E-state index in [0.29, 0.717) is 46.4 Å². The fraction of sp³-hybridized carbons (Fsp3) is 0.512. The van der Waals surface area contributed by atoms with Crippen LogP contribution in [-0.4, -0.2) is 71.9 Å². The zero-order chi connectivity index (χ0) is 39.3. The zero-order valence-electron chi connectivity index (χ0n) is 33.6. The summed E-state index contributed by atoms with van der Waals surface area (Å²) in [6.07, 6.45) is 5.44. The van der Waals surface area contributed by atoms with Gasteiger partial charge in [0.1, 0.15) is 0 Å². The fourth-order valence-corrected chi connectivity index (χ4v) is 7.91. The molecule has 5 rings (SSSR count). The maximum Gasteiger partial charge on any atom is 0.340 e. The van der Waals surface area contributed by atoms with E-state index in [1.807, 2.05) is 19.1 Å². The SMILES string of the molecule is CCCCCCOC(C)C1=C(C)c2cc3nc(c(CC(=O)OC)c4[nH]c(cc5[nH]c(cc1n2)c(C)c5CC)c(C)c4C(=O)OC)[C@@H](CCC(=O)OC)[C@@H]3C. The number of hydrogen-bond acceptors (Lipinski definition) is 9. The number of methoxy groups -OCH3 is 3. The Morgan fingerprint density at radius 2 is 1.54 bits per heavy atom. The molecule has 2 aliphatic rings. The molecular weight excluding hydrogens is 684 g/mol. The molecule has 0 radical (unpaired) electrons. The van der Waals surface area contributed by atoms with Gasteiger partial charge in [-0.15, -0.1) is 0 Å². The van der Waals surface area contributed by atoms with Gasteiger partial charge in [-0.25, -0.2) is 9.78 Å². The van der Waals surface area contributed by atoms with E-state index in [1.165, 1.54) is 27.8 Å². The van der Waals surface area contributed by atoms with Crippen LogP contribution in [0.2, 0.25) is 0 Å². The third-order valence-electron chi connectivity index (χ3n) is 11.1. The predicted molar refractivity (Wildman–Crippen MR) is 211 cm³/mol. The normalized spacial score (nSPS) is 16.0. The van der Waals surface area contributed by atoms with Gasteiger partial charge in [-0.2, -0.15) is 0 Å². The van der Waals surface area contributed by atoms with Gasteiger partial charge in [0.2, 0.25) is 0 Å². The van der Waals surface area contributed by atoms with Crippen LogP contribution in [0.4, 0.5) is 0 Å². The second kappa shape index (κ2) is 17.6. The monoisotopic (exact) mass is 740 g/mol. The van der Waals surface area contributed by atoms with Crippen LogP contribution in [0.25, 0.3) is 33.2 Å². The highest BCUT2D eigenvalue weighted by molar-refractivity contribution is 6.03. The van der Waals surface area contributed by atoms with E-state index < -0.39 is 11.9 Å². The lowest BCUT2D eigenvalue weighted by atomic mass is 9.85. The molecule has 8 bridgehead atoms. The van der Waals surface area contributed by atoms with Crippen LogP contribution in [0.5, 0.6) is 0 Å². The summed E-state index contributed by atoms with van der Waals surface area (Å²) in [5.41, 5.74) is 11.7. The topological polar surface area (TPSA) is 145 Å². The average Bonchev–Trinajstić information content (AvgIpc) is 3.85. The van der Waals surface area contributed by atoms with Crippen molar-refractivity contribution in [1.82, 2.24) is 19.9 Å². The largest absolute Gasteiger partial charge is 0.469 e. The van der Waals surface area contributed by atoms with E-state index in [1.54, 1.807) is 0 Å². The summed E-state index contributed by atoms with van der Waals surface area (Å²) >= 11 is 0. The molecule has 5 heterocycles. The smallest absolute Gasteiger partial charge is 0.340 e. The number of rotatable bonds is 14. The summed E-state index contributed by atoms with van der Waals surface area (Å²) in [5, 5.41) is 0. The molecule has 0 spiro atoms. The Balaban J connectivity index is 1.92. The van der Waals surface area contributed by atoms with Crippen LogP contribution >= 0.6 is 0 Å². The Morgan fingerprint density at radius 3 is 2.20 bits per heavy atom. The first kappa shape index (κ1) is 40.4. The molecule has 0 saturated heterocycles. The summed E-state index contributed by atoms with van der Waals surface area (Å²) < 4.78 is 22.0. The van der Waals surface area contributed by atoms with Gasteiger partial charge in [0.05, 0.1) is 62.0 Å². The van der Waals surface area contributed by atoms with Crippen LogP contribution in [-0.2, 0) is 41.4 Å². The van der Waals surface area contributed by atoms with Gasteiger partial charge in [-0.3, -0.25) is 14.6 Å². The van der Waals surface area contributed by atoms with E-state index in [4.69, 9.17) is 28.9 Å². The number of aryl methyl sites for hydroxylation is 3. The quantitative estimate of drug-likeness (QED) is 0.0941. The number of carbonyl (C=O) groups is 3. The third-order valence-corrected chi connectivity index (χ3v) is 11.1. The molecule has 3 atom stereocenters. The second-order valence-electron chi connectivity index (χ2n) is 14.4. The van der Waals surface area contributed by atoms with Crippen molar-refractivity contribution in [1.29, 1.82) is 0 Å². The fourth-order valence-electron chi connectivity index (χ4n) is 7.91. The number of fused-ring (bicyclic) bond motifs is 8. The van der Waals surface area contributed by atoms with Crippen molar-refractivity contribution in [2.45, 2.75) is 118 Å². The standard InChI is InChI=1S/C43H56N4O7/c1-11-13-14-15-18-54-27(7)39-25(5)33-20-32-24(4)29(16-17-37(48)51-8)41(46-32)30(19-38(49)52-9)42-40(43(50)53-10)26(6)34(47-42)21-35-28(12-2)23(3)31(44-35)22-36(39)45-33/h20-22,24,27,29,44,47H,11-19H2,1-10H3/t24-,27?,29-/m0/s1. The average molecular weight is 741 g/mol. The number of esters is 3. The molecular formula is C43H56N4O7. The van der Waals surface area contributed by atoms with E-state index in [2.05, 4.69) is 57.6 Å². The van der Waals surface area contributed by atoms with Gasteiger partial charge in [0.25, 0.3) is 0 Å². The maximum absolute atomic E-state index is 13.6. The lowest BCUT2D eigenvalue weighted by Crippen LogP contribution is -2.13. The molecule has 3 aromatic heterocycles. The molecule has 1 unspecified atom stereocenters. The lowest BCUT2D eigenvalue weighted by Gasteiger charge is -2.18. The Bertz CT molecular complexity index is 2110. The van der Waals surface area contributed by atoms with Gasteiger partial charge in [-0.1, -0.05) is 40.0 Å². The first-order valence-electron chi connectivity index (χ1n) is 19.2. The van der Waals surface area contributed by atoms with Gasteiger partial charge < -0.3 is 28.9 Å². The highest BCUT2D eigenvalue weighted by Gasteiger charge is 2.34. The van der Waals surface area contributed by atoms with E-state index >= 15 is 0 Å². The number of aromatic amines is 2. The Hall–Kier alpha value is -4.77. The van der Waals surface area contributed by atoms with Crippen LogP contribution in [0.15, 0.2) is 18.2 Å². The number of H-pyrrole nitrogens is 2. The molecule has 54 heavy (non-hydrogen) atoms. The van der Waals surface area contributed by atoms with Gasteiger partial charge in [0.15, 0.2) is 0 Å². The molecule has 290 valence electrons. The van der Waals surface area contributed by atoms with Crippen molar-refractivity contribution in [2.24, 2.45) is 0 Å². The molecule has 0 aliphatic carbocycles. The van der Waals surface area contributed by atoms with Crippen molar-refractivity contribution >= 4 is 51.1 Å². The van der Waals surface area contributed by atoms with Crippen molar-refractivity contribution in [3.8, 4) is 0 Å². The van der Waals surface area contributed by atoms with Gasteiger partial charge in [-0.05, 0) is 87.4 Å². The molecule has 0 aromatic carbocycles. The summed E-state index contributed by atoms with van der Waals surface area (Å²) in [5.74, 6) is -1.84. The number of nitrogens with one attached hydrogen (secondary N) is 2. The number of allylic oxidation sites excluding steroid dienone is 1. The summed E-state index contributed by atoms with van der Waals surface area (Å²) in [4.78, 5) is 56.9. The van der Waals surface area contributed by atoms with Gasteiger partial charge >= 0.3 is 17.9 Å². The molecule has 11 nitrogen and oxygen atoms in total. The summed E-state index contributed by atoms with van der Waals surface area (Å²) in [7, 11) is 4.05. The molecule has 2 N–H and O–H groups in total. The number of nitrogens with zero attached hydrogens (tertiary/aromatic N) is 2. The number of aromatic nitrogens is 4. The highest BCUT2D eigenvalue weighted by atomic mass is 16.5. The van der Waals surface area contributed by atoms with Crippen LogP contribution in [0, 0.1) is 13.8 Å². The number of hydrogen-bond donors (Lipinski definition) is 2. The van der Waals surface area contributed by atoms with Crippen molar-refractivity contribution in [3.05, 3.63) is 68.8 Å². The Kier molecular flexibility index (Phi) is 13.2. The third kappa shape index (κ3) is 8.16. The minimum atomic E-state index is -0.544. The molecule has 2 aliphatic heterocycles. The molecule has 0 amide bonds. The molecule has 11 heteroatoms. The maximum atomic E-state index is 13.6. The zero-order valence-corrected chi connectivity index (χ0v) is 33.6. The van der Waals surface area contributed by atoms with E-state index in [9.17, 15) is 14.4 Å². The summed E-state index contributed by atoms with van der Waals surface area (Å²) in [6, 6.07) is 6.13. The minimum Gasteiger partial charge on any atom is -0.469 e. The van der Waals surface area contributed by atoms with Crippen molar-refractivity contribution in [3.63, 3.8) is 0 Å². The number of carbonyl (C=O) groups excluding carboxylic acids is 3. The minimum absolute atomic E-state index is 0.147. The second-order valence-corrected chi connectivity index (χ2v) is 14.4. The Morgan fingerprint density at radius 1 is 0.815 bits per heavy atom. The van der Waals surface area contributed by atoms with Crippen LogP contribution in [0.3, 0.4) is 0 Å². The molecule has 0 saturated carbocycles. The van der Waals surface area contributed by atoms with Gasteiger partial charge in [0, 0.05) is 58.2 Å². The van der Waals surface area contributed by atoms with Crippen LogP contribution in [0.1, 0.15) is 140 Å². The van der Waals surface area contributed by atoms with E-state index in [0.717, 1.165) is 76.1 Å². The lowest BCUT2D eigenvalue weighted by molar-refractivity contribution is -0.141. The number of unbranched alkanes of at least 4 members (excludes halogenated alkanes) is 3. The number of ether oxygens (including phenoxy) is 4. The van der Waals surface area contributed by atoms with Crippen molar-refractivity contribution < 1.29 is 33.3 Å². The van der Waals surface area contributed by atoms with Crippen molar-refractivity contribution in [2.75, 3.05) is 27.9 Å². The first-order valence-corrected chi connectivity index (χ1v) is 19.2. The van der Waals surface area contributed by atoms with E-state index in [-0.39, 0.29) is 36.8 Å². The molecule has 3 aromatic rings. The predicted octanol–water partition coefficient (Wildman–Crippen LogP) is 8.75. The van der Waals surface area contributed by atoms with Crippen LogP contribution < -0.4 is 0 Å².